The minimum absolute atomic E-state index is 0.0000307. The lowest BCUT2D eigenvalue weighted by atomic mass is 9.60. The van der Waals surface area contributed by atoms with Gasteiger partial charge in [-0.25, -0.2) is 8.78 Å². The summed E-state index contributed by atoms with van der Waals surface area (Å²) in [6, 6.07) is 27.2. The molecule has 4 aliphatic rings. The van der Waals surface area contributed by atoms with Gasteiger partial charge in [0.1, 0.15) is 0 Å². The molecule has 2 unspecified atom stereocenters. The Bertz CT molecular complexity index is 1830. The van der Waals surface area contributed by atoms with Crippen LogP contribution in [0.1, 0.15) is 149 Å². The van der Waals surface area contributed by atoms with E-state index in [2.05, 4.69) is 88.6 Å². The van der Waals surface area contributed by atoms with Gasteiger partial charge < -0.3 is 20.0 Å². The number of benzene rings is 2. The molecule has 0 bridgehead atoms. The summed E-state index contributed by atoms with van der Waals surface area (Å²) in [6.45, 7) is 21.4. The molecule has 3 heterocycles. The first-order valence-corrected chi connectivity index (χ1v) is 23.9. The fourth-order valence-corrected chi connectivity index (χ4v) is 10.7. The van der Waals surface area contributed by atoms with Gasteiger partial charge in [-0.3, -0.25) is 9.69 Å². The van der Waals surface area contributed by atoms with Crippen LogP contribution in [0, 0.1) is 73.4 Å². The van der Waals surface area contributed by atoms with Crippen LogP contribution in [0.25, 0.3) is 0 Å². The van der Waals surface area contributed by atoms with E-state index in [0.29, 0.717) is 50.7 Å². The molecule has 6 rings (SSSR count). The van der Waals surface area contributed by atoms with Crippen LogP contribution >= 0.6 is 0 Å². The number of aliphatic hydroxyl groups is 2. The van der Waals surface area contributed by atoms with Gasteiger partial charge in [-0.1, -0.05) is 109 Å². The molecule has 0 aromatic heterocycles. The number of piperidine rings is 3. The lowest BCUT2D eigenvalue weighted by molar-refractivity contribution is -0.145. The minimum atomic E-state index is -2.55. The maximum atomic E-state index is 12.8. The first-order chi connectivity index (χ1) is 30.3. The molecule has 2 atom stereocenters. The average molecular weight is 885 g/mol. The van der Waals surface area contributed by atoms with Gasteiger partial charge in [0.2, 0.25) is 11.8 Å². The average Bonchev–Trinajstić information content (AvgIpc) is 3.26. The molecule has 2 aromatic rings. The molecule has 9 nitrogen and oxygen atoms in total. The number of carbonyl (C=O) groups excluding carboxylic acids is 1. The summed E-state index contributed by atoms with van der Waals surface area (Å²) in [7, 11) is 0. The molecule has 1 aliphatic carbocycles. The third kappa shape index (κ3) is 13.8. The van der Waals surface area contributed by atoms with Crippen LogP contribution in [-0.4, -0.2) is 89.2 Å². The fraction of sp³-hybridized carbons (Fsp3) is 0.698. The van der Waals surface area contributed by atoms with Gasteiger partial charge in [0, 0.05) is 58.2 Å². The molecule has 2 N–H and O–H groups in total. The lowest BCUT2D eigenvalue weighted by Crippen LogP contribution is -2.49. The van der Waals surface area contributed by atoms with Crippen molar-refractivity contribution in [3.8, 4) is 18.2 Å². The van der Waals surface area contributed by atoms with Crippen LogP contribution in [0.2, 0.25) is 0 Å². The summed E-state index contributed by atoms with van der Waals surface area (Å²) in [5, 5.41) is 47.4. The Labute approximate surface area is 384 Å². The van der Waals surface area contributed by atoms with Gasteiger partial charge in [0.05, 0.1) is 37.0 Å². The van der Waals surface area contributed by atoms with Crippen LogP contribution in [0.3, 0.4) is 0 Å². The molecule has 1 saturated carbocycles. The zero-order chi connectivity index (χ0) is 47.2. The summed E-state index contributed by atoms with van der Waals surface area (Å²) >= 11 is 0. The lowest BCUT2D eigenvalue weighted by Gasteiger charge is -2.49. The summed E-state index contributed by atoms with van der Waals surface area (Å²) in [4.78, 5) is 18.7. The second-order valence-corrected chi connectivity index (χ2v) is 21.2. The number of β-amino-alcohol motifs (C(OH)–C–C–N with tert-alkyl or cyclic N) is 1. The zero-order valence-corrected chi connectivity index (χ0v) is 40.0. The van der Waals surface area contributed by atoms with Gasteiger partial charge in [0.15, 0.2) is 0 Å². The van der Waals surface area contributed by atoms with E-state index in [1.165, 1.54) is 5.56 Å². The van der Waals surface area contributed by atoms with Crippen LogP contribution in [0.5, 0.6) is 0 Å². The largest absolute Gasteiger partial charge is 0.394 e. The molecule has 3 saturated heterocycles. The number of halogens is 2. The van der Waals surface area contributed by atoms with E-state index >= 15 is 0 Å². The van der Waals surface area contributed by atoms with E-state index in [-0.39, 0.29) is 65.4 Å². The first-order valence-electron chi connectivity index (χ1n) is 23.9. The molecule has 3 aliphatic heterocycles. The van der Waals surface area contributed by atoms with Crippen molar-refractivity contribution in [2.75, 3.05) is 52.4 Å². The van der Waals surface area contributed by atoms with Crippen LogP contribution in [0.4, 0.5) is 8.78 Å². The van der Waals surface area contributed by atoms with E-state index in [1.807, 2.05) is 48.5 Å². The predicted octanol–water partition coefficient (Wildman–Crippen LogP) is 10.7. The highest BCUT2D eigenvalue weighted by Crippen LogP contribution is 2.50. The SMILES string of the molecule is CC(C)(C)C1(CC#N)CCN(C(=O)CC2CC(F)(F)C2)CC1.CC(C)C1(CC#N)CCN(C(CO)c2ccccc2)CC1.CC(C)C1(CC#N)CCN(CC(O)c2ccccc2)CC1. The van der Waals surface area contributed by atoms with E-state index < -0.39 is 12.0 Å². The van der Waals surface area contributed by atoms with Gasteiger partial charge >= 0.3 is 0 Å². The molecule has 4 fully saturated rings. The zero-order valence-electron chi connectivity index (χ0n) is 40.0. The summed E-state index contributed by atoms with van der Waals surface area (Å²) < 4.78 is 25.7. The maximum absolute atomic E-state index is 12.8. The first kappa shape index (κ1) is 52.7. The number of carbonyl (C=O) groups is 1. The van der Waals surface area contributed by atoms with Crippen molar-refractivity contribution in [3.05, 3.63) is 71.8 Å². The van der Waals surface area contributed by atoms with Crippen molar-refractivity contribution in [1.29, 1.82) is 15.8 Å². The minimum Gasteiger partial charge on any atom is -0.394 e. The van der Waals surface area contributed by atoms with E-state index in [4.69, 9.17) is 15.8 Å². The number of nitriles is 3. The van der Waals surface area contributed by atoms with Gasteiger partial charge in [0.25, 0.3) is 0 Å². The summed E-state index contributed by atoms with van der Waals surface area (Å²) in [6.07, 6.45) is 7.17. The van der Waals surface area contributed by atoms with Gasteiger partial charge in [-0.2, -0.15) is 15.8 Å². The third-order valence-electron chi connectivity index (χ3n) is 16.1. The van der Waals surface area contributed by atoms with Crippen molar-refractivity contribution >= 4 is 5.91 Å². The van der Waals surface area contributed by atoms with Crippen LogP contribution in [-0.2, 0) is 4.79 Å². The Morgan fingerprint density at radius 3 is 1.58 bits per heavy atom. The highest BCUT2D eigenvalue weighted by Gasteiger charge is 2.48. The quantitative estimate of drug-likeness (QED) is 0.203. The van der Waals surface area contributed by atoms with Crippen LogP contribution in [0.15, 0.2) is 60.7 Å². The summed E-state index contributed by atoms with van der Waals surface area (Å²) in [5.41, 5.74) is 2.45. The number of amides is 1. The number of hydrogen-bond acceptors (Lipinski definition) is 8. The highest BCUT2D eigenvalue weighted by atomic mass is 19.3. The molecular weight excluding hydrogens is 807 g/mol. The Morgan fingerprint density at radius 2 is 1.17 bits per heavy atom. The topological polar surface area (TPSA) is 139 Å². The van der Waals surface area contributed by atoms with Gasteiger partial charge in [-0.05, 0) is 115 Å². The number of hydrogen-bond donors (Lipinski definition) is 2. The summed E-state index contributed by atoms with van der Waals surface area (Å²) in [5.74, 6) is -1.64. The predicted molar refractivity (Wildman–Crippen MR) is 249 cm³/mol. The monoisotopic (exact) mass is 885 g/mol. The second-order valence-electron chi connectivity index (χ2n) is 21.2. The Morgan fingerprint density at radius 1 is 0.719 bits per heavy atom. The fourth-order valence-electron chi connectivity index (χ4n) is 10.7. The smallest absolute Gasteiger partial charge is 0.248 e. The molecule has 2 aromatic carbocycles. The molecule has 352 valence electrons. The molecular formula is C53H78F2N6O3. The van der Waals surface area contributed by atoms with Crippen molar-refractivity contribution < 1.29 is 23.8 Å². The maximum Gasteiger partial charge on any atom is 0.248 e. The Hall–Kier alpha value is -3.92. The second kappa shape index (κ2) is 23.5. The number of nitrogens with zero attached hydrogens (tertiary/aromatic N) is 6. The number of aliphatic hydroxyl groups excluding tert-OH is 2. The van der Waals surface area contributed by atoms with Crippen molar-refractivity contribution in [2.45, 2.75) is 144 Å². The van der Waals surface area contributed by atoms with Crippen molar-refractivity contribution in [1.82, 2.24) is 14.7 Å². The van der Waals surface area contributed by atoms with Crippen LogP contribution < -0.4 is 0 Å². The van der Waals surface area contributed by atoms with E-state index in [9.17, 15) is 23.8 Å². The molecule has 0 spiro atoms. The van der Waals surface area contributed by atoms with Gasteiger partial charge in [-0.15, -0.1) is 0 Å². The van der Waals surface area contributed by atoms with E-state index in [0.717, 1.165) is 70.3 Å². The number of likely N-dealkylation sites (tertiary alicyclic amines) is 3. The Kier molecular flexibility index (Phi) is 19.4. The van der Waals surface area contributed by atoms with E-state index in [1.54, 1.807) is 4.90 Å². The number of alkyl halides is 2. The number of rotatable bonds is 13. The molecule has 64 heavy (non-hydrogen) atoms. The molecule has 1 amide bonds. The molecule has 0 radical (unpaired) electrons. The standard InChI is InChI=1S/2C18H26N2O.C17H26F2N2O/c1-15(2)18(8-11-19)9-12-20(13-10-18)17(14-21)16-6-4-3-5-7-16;1-15(2)18(8-11-19)9-12-20(13-10-18)14-17(21)16-6-4-3-5-7-16;1-15(2,3)16(4-7-20)5-8-21(9-6-16)14(22)10-13-11-17(18,19)12-13/h2*3-7,15,17,21H,8-10,12-14H2,1-2H3;13H,4-6,8-12H2,1-3H3. The normalized spacial score (nSPS) is 21.6. The van der Waals surface area contributed by atoms with Crippen molar-refractivity contribution in [3.63, 3.8) is 0 Å². The highest BCUT2D eigenvalue weighted by molar-refractivity contribution is 5.76. The third-order valence-corrected chi connectivity index (χ3v) is 16.1. The molecule has 11 heteroatoms. The Balaban J connectivity index is 0.000000210. The van der Waals surface area contributed by atoms with Crippen molar-refractivity contribution in [2.24, 2.45) is 39.4 Å².